The molecule has 1 aromatic rings. The van der Waals surface area contributed by atoms with Crippen molar-refractivity contribution in [3.8, 4) is 11.5 Å². The van der Waals surface area contributed by atoms with Crippen LogP contribution in [0.3, 0.4) is 0 Å². The Balaban J connectivity index is 1.86. The lowest BCUT2D eigenvalue weighted by molar-refractivity contribution is -0.0595. The molecule has 0 spiro atoms. The number of hydrogen-bond donors (Lipinski definition) is 1. The molecule has 116 valence electrons. The molecule has 0 amide bonds. The van der Waals surface area contributed by atoms with Crippen LogP contribution in [0.25, 0.3) is 0 Å². The highest BCUT2D eigenvalue weighted by Gasteiger charge is 2.39. The highest BCUT2D eigenvalue weighted by molar-refractivity contribution is 5.44. The highest BCUT2D eigenvalue weighted by Crippen LogP contribution is 2.41. The first-order chi connectivity index (χ1) is 10.2. The normalized spacial score (nSPS) is 22.4. The monoisotopic (exact) mass is 291 g/mol. The van der Waals surface area contributed by atoms with Gasteiger partial charge < -0.3 is 19.9 Å². The number of methoxy groups -OCH3 is 1. The van der Waals surface area contributed by atoms with Crippen molar-refractivity contribution in [3.05, 3.63) is 23.8 Å². The van der Waals surface area contributed by atoms with Crippen molar-refractivity contribution in [2.45, 2.75) is 50.2 Å². The van der Waals surface area contributed by atoms with Crippen LogP contribution in [-0.4, -0.2) is 25.9 Å². The number of rotatable bonds is 3. The van der Waals surface area contributed by atoms with E-state index in [0.717, 1.165) is 36.3 Å². The highest BCUT2D eigenvalue weighted by atomic mass is 16.5. The van der Waals surface area contributed by atoms with Crippen molar-refractivity contribution in [2.75, 3.05) is 20.3 Å². The number of nitrogens with two attached hydrogens (primary N) is 1. The summed E-state index contributed by atoms with van der Waals surface area (Å²) in [6.07, 6.45) is 6.62. The van der Waals surface area contributed by atoms with Gasteiger partial charge in [0.1, 0.15) is 0 Å². The quantitative estimate of drug-likeness (QED) is 0.929. The van der Waals surface area contributed by atoms with Crippen LogP contribution in [0.15, 0.2) is 18.2 Å². The molecule has 21 heavy (non-hydrogen) atoms. The maximum atomic E-state index is 6.57. The summed E-state index contributed by atoms with van der Waals surface area (Å²) >= 11 is 0. The first-order valence-electron chi connectivity index (χ1n) is 7.95. The van der Waals surface area contributed by atoms with Gasteiger partial charge in [-0.2, -0.15) is 0 Å². The summed E-state index contributed by atoms with van der Waals surface area (Å²) in [5.74, 6) is 1.63. The van der Waals surface area contributed by atoms with Crippen LogP contribution < -0.4 is 15.2 Å². The van der Waals surface area contributed by atoms with E-state index >= 15 is 0 Å². The smallest absolute Gasteiger partial charge is 0.161 e. The molecule has 1 saturated carbocycles. The van der Waals surface area contributed by atoms with Gasteiger partial charge in [0, 0.05) is 13.5 Å². The molecule has 2 N–H and O–H groups in total. The van der Waals surface area contributed by atoms with E-state index in [-0.39, 0.29) is 11.6 Å². The molecule has 0 saturated heterocycles. The molecule has 4 nitrogen and oxygen atoms in total. The van der Waals surface area contributed by atoms with Gasteiger partial charge in [-0.25, -0.2) is 0 Å². The van der Waals surface area contributed by atoms with E-state index in [9.17, 15) is 0 Å². The number of ether oxygens (including phenoxy) is 3. The lowest BCUT2D eigenvalue weighted by Gasteiger charge is -2.41. The Labute approximate surface area is 126 Å². The van der Waals surface area contributed by atoms with Crippen molar-refractivity contribution >= 4 is 0 Å². The summed E-state index contributed by atoms with van der Waals surface area (Å²) in [4.78, 5) is 0. The predicted octanol–water partition coefficient (Wildman–Crippen LogP) is 3.20. The maximum Gasteiger partial charge on any atom is 0.161 e. The van der Waals surface area contributed by atoms with E-state index in [4.69, 9.17) is 19.9 Å². The lowest BCUT2D eigenvalue weighted by atomic mass is 9.77. The summed E-state index contributed by atoms with van der Waals surface area (Å²) in [5.41, 5.74) is 7.40. The maximum absolute atomic E-state index is 6.57. The molecule has 1 heterocycles. The SMILES string of the molecule is COC1(C(N)c2ccc3c(c2)OCCCO3)CCCCC1. The zero-order valence-corrected chi connectivity index (χ0v) is 12.8. The standard InChI is InChI=1S/C17H25NO3/c1-19-17(8-3-2-4-9-17)16(18)13-6-7-14-15(12-13)21-11-5-10-20-14/h6-7,12,16H,2-5,8-11,18H2,1H3. The molecule has 0 bridgehead atoms. The summed E-state index contributed by atoms with van der Waals surface area (Å²) in [6.45, 7) is 1.40. The van der Waals surface area contributed by atoms with E-state index in [1.807, 2.05) is 18.2 Å². The van der Waals surface area contributed by atoms with Crippen molar-refractivity contribution in [2.24, 2.45) is 5.73 Å². The fourth-order valence-electron chi connectivity index (χ4n) is 3.47. The first kappa shape index (κ1) is 14.7. The van der Waals surface area contributed by atoms with Crippen LogP contribution in [0.2, 0.25) is 0 Å². The Kier molecular flexibility index (Phi) is 4.36. The summed E-state index contributed by atoms with van der Waals surface area (Å²) in [5, 5.41) is 0. The average Bonchev–Trinajstić information content (AvgIpc) is 2.79. The summed E-state index contributed by atoms with van der Waals surface area (Å²) < 4.78 is 17.3. The van der Waals surface area contributed by atoms with Gasteiger partial charge >= 0.3 is 0 Å². The molecule has 1 atom stereocenters. The van der Waals surface area contributed by atoms with Crippen molar-refractivity contribution < 1.29 is 14.2 Å². The molecule has 0 radical (unpaired) electrons. The Morgan fingerprint density at radius 3 is 2.48 bits per heavy atom. The van der Waals surface area contributed by atoms with Crippen LogP contribution >= 0.6 is 0 Å². The minimum absolute atomic E-state index is 0.125. The molecule has 2 aliphatic rings. The third kappa shape index (κ3) is 2.87. The predicted molar refractivity (Wildman–Crippen MR) is 81.8 cm³/mol. The third-order valence-corrected chi connectivity index (χ3v) is 4.80. The van der Waals surface area contributed by atoms with E-state index in [2.05, 4.69) is 0 Å². The molecule has 1 unspecified atom stereocenters. The Hall–Kier alpha value is -1.26. The lowest BCUT2D eigenvalue weighted by Crippen LogP contribution is -2.44. The van der Waals surface area contributed by atoms with Gasteiger partial charge in [-0.15, -0.1) is 0 Å². The number of fused-ring (bicyclic) bond motifs is 1. The van der Waals surface area contributed by atoms with Crippen molar-refractivity contribution in [1.29, 1.82) is 0 Å². The van der Waals surface area contributed by atoms with Crippen LogP contribution in [0.4, 0.5) is 0 Å². The second-order valence-corrected chi connectivity index (χ2v) is 6.06. The molecule has 1 aliphatic carbocycles. The van der Waals surface area contributed by atoms with Gasteiger partial charge in [0.05, 0.1) is 24.9 Å². The fourth-order valence-corrected chi connectivity index (χ4v) is 3.47. The van der Waals surface area contributed by atoms with Gasteiger partial charge in [-0.05, 0) is 30.5 Å². The van der Waals surface area contributed by atoms with Gasteiger partial charge in [0.25, 0.3) is 0 Å². The van der Waals surface area contributed by atoms with E-state index < -0.39 is 0 Å². The molecular weight excluding hydrogens is 266 g/mol. The molecular formula is C17H25NO3. The topological polar surface area (TPSA) is 53.7 Å². The van der Waals surface area contributed by atoms with Crippen molar-refractivity contribution in [1.82, 2.24) is 0 Å². The zero-order chi connectivity index (χ0) is 14.7. The minimum Gasteiger partial charge on any atom is -0.490 e. The van der Waals surface area contributed by atoms with Crippen LogP contribution in [-0.2, 0) is 4.74 Å². The number of hydrogen-bond acceptors (Lipinski definition) is 4. The average molecular weight is 291 g/mol. The molecule has 1 aliphatic heterocycles. The second kappa shape index (κ2) is 6.24. The van der Waals surface area contributed by atoms with Crippen LogP contribution in [0.1, 0.15) is 50.1 Å². The first-order valence-corrected chi connectivity index (χ1v) is 7.95. The summed E-state index contributed by atoms with van der Waals surface area (Å²) in [7, 11) is 1.79. The van der Waals surface area contributed by atoms with Crippen molar-refractivity contribution in [3.63, 3.8) is 0 Å². The molecule has 1 fully saturated rings. The Bertz CT molecular complexity index is 483. The van der Waals surface area contributed by atoms with Gasteiger partial charge in [-0.3, -0.25) is 0 Å². The minimum atomic E-state index is -0.238. The fraction of sp³-hybridized carbons (Fsp3) is 0.647. The Morgan fingerprint density at radius 2 is 1.76 bits per heavy atom. The summed E-state index contributed by atoms with van der Waals surface area (Å²) in [6, 6.07) is 5.93. The van der Waals surface area contributed by atoms with E-state index in [0.29, 0.717) is 13.2 Å². The second-order valence-electron chi connectivity index (χ2n) is 6.06. The van der Waals surface area contributed by atoms with E-state index in [1.165, 1.54) is 19.3 Å². The third-order valence-electron chi connectivity index (χ3n) is 4.80. The Morgan fingerprint density at radius 1 is 1.05 bits per heavy atom. The molecule has 4 heteroatoms. The number of benzene rings is 1. The molecule has 0 aromatic heterocycles. The van der Waals surface area contributed by atoms with Gasteiger partial charge in [-0.1, -0.05) is 25.3 Å². The molecule has 1 aromatic carbocycles. The van der Waals surface area contributed by atoms with Crippen LogP contribution in [0.5, 0.6) is 11.5 Å². The van der Waals surface area contributed by atoms with E-state index in [1.54, 1.807) is 7.11 Å². The largest absolute Gasteiger partial charge is 0.490 e. The molecule has 3 rings (SSSR count). The van der Waals surface area contributed by atoms with Gasteiger partial charge in [0.2, 0.25) is 0 Å². The zero-order valence-electron chi connectivity index (χ0n) is 12.8. The van der Waals surface area contributed by atoms with Crippen LogP contribution in [0, 0.1) is 0 Å². The van der Waals surface area contributed by atoms with Gasteiger partial charge in [0.15, 0.2) is 11.5 Å².